The monoisotopic (exact) mass is 642 g/mol. The molecule has 1 aliphatic rings. The van der Waals surface area contributed by atoms with Gasteiger partial charge in [0.1, 0.15) is 5.69 Å². The number of fused-ring (bicyclic) bond motifs is 3. The van der Waals surface area contributed by atoms with E-state index in [-0.39, 0.29) is 20.1 Å². The molecule has 0 saturated carbocycles. The first-order valence-corrected chi connectivity index (χ1v) is 11.1. The van der Waals surface area contributed by atoms with Crippen LogP contribution in [0.5, 0.6) is 0 Å². The van der Waals surface area contributed by atoms with Gasteiger partial charge in [-0.1, -0.05) is 36.4 Å². The molecule has 6 heteroatoms. The van der Waals surface area contributed by atoms with Crippen molar-refractivity contribution in [3.8, 4) is 39.8 Å². The summed E-state index contributed by atoms with van der Waals surface area (Å²) in [6.07, 6.45) is 6.69. The fourth-order valence-electron chi connectivity index (χ4n) is 4.12. The van der Waals surface area contributed by atoms with Crippen molar-refractivity contribution in [2.45, 2.75) is 13.0 Å². The molecule has 0 saturated heterocycles. The summed E-state index contributed by atoms with van der Waals surface area (Å²) >= 11 is 0. The normalized spacial score (nSPS) is 10.8. The summed E-state index contributed by atoms with van der Waals surface area (Å²) in [4.78, 5) is 12.2. The Morgan fingerprint density at radius 3 is 2.67 bits per heavy atom. The minimum Gasteiger partial charge on any atom is -0.371 e. The van der Waals surface area contributed by atoms with Crippen molar-refractivity contribution in [1.29, 1.82) is 5.26 Å². The molecular weight excluding hydrogens is 623 g/mol. The molecule has 0 spiro atoms. The van der Waals surface area contributed by atoms with Gasteiger partial charge in [-0.05, 0) is 34.9 Å². The van der Waals surface area contributed by atoms with Gasteiger partial charge < -0.3 is 9.55 Å². The number of nitriles is 1. The van der Waals surface area contributed by atoms with Crippen LogP contribution in [0, 0.1) is 30.0 Å². The maximum atomic E-state index is 9.01. The van der Waals surface area contributed by atoms with Gasteiger partial charge in [-0.15, -0.1) is 59.2 Å². The number of hydrogen-bond donors (Lipinski definition) is 0. The van der Waals surface area contributed by atoms with Crippen LogP contribution in [0.3, 0.4) is 0 Å². The SMILES string of the molecule is [C-]#[N+]c1cc(-c2ncccc2-c2ccccc2)[c-]cc1C#N.[Ir].[c-]1cccc2c1-c1nccn1CC2. The molecule has 0 amide bonds. The van der Waals surface area contributed by atoms with Gasteiger partial charge in [0.15, 0.2) is 0 Å². The summed E-state index contributed by atoms with van der Waals surface area (Å²) in [5, 5.41) is 9.01. The van der Waals surface area contributed by atoms with E-state index in [0.717, 1.165) is 35.6 Å². The molecule has 2 aromatic heterocycles. The Morgan fingerprint density at radius 1 is 1.00 bits per heavy atom. The van der Waals surface area contributed by atoms with Gasteiger partial charge in [0.05, 0.1) is 12.4 Å². The smallest absolute Gasteiger partial charge is 0.125 e. The topological polar surface area (TPSA) is 58.9 Å². The fraction of sp³-hybridized carbons (Fsp3) is 0.0667. The summed E-state index contributed by atoms with van der Waals surface area (Å²) in [7, 11) is 0. The Bertz CT molecular complexity index is 1580. The number of pyridine rings is 1. The van der Waals surface area contributed by atoms with Crippen LogP contribution in [0.1, 0.15) is 11.1 Å². The number of aromatic nitrogens is 3. The summed E-state index contributed by atoms with van der Waals surface area (Å²) < 4.78 is 2.18. The van der Waals surface area contributed by atoms with Crippen LogP contribution in [0.25, 0.3) is 38.6 Å². The van der Waals surface area contributed by atoms with Gasteiger partial charge in [0.25, 0.3) is 0 Å². The van der Waals surface area contributed by atoms with Crippen LogP contribution in [0.15, 0.2) is 91.4 Å². The number of imidazole rings is 1. The summed E-state index contributed by atoms with van der Waals surface area (Å²) in [6, 6.07) is 31.5. The molecule has 1 radical (unpaired) electrons. The predicted molar refractivity (Wildman–Crippen MR) is 135 cm³/mol. The molecule has 6 rings (SSSR count). The summed E-state index contributed by atoms with van der Waals surface area (Å²) in [6.45, 7) is 8.25. The number of benzene rings is 3. The van der Waals surface area contributed by atoms with Crippen molar-refractivity contribution in [2.75, 3.05) is 0 Å². The van der Waals surface area contributed by atoms with E-state index in [1.165, 1.54) is 11.1 Å². The Morgan fingerprint density at radius 2 is 1.86 bits per heavy atom. The van der Waals surface area contributed by atoms with Gasteiger partial charge in [0.2, 0.25) is 0 Å². The van der Waals surface area contributed by atoms with E-state index in [1.54, 1.807) is 18.3 Å². The standard InChI is InChI=1S/C19H10N3.C11H9N2.Ir/c1-21-18-12-15(9-10-16(18)13-20)19-17(8-5-11-22-19)14-6-3-2-4-7-14;1-2-4-10-9(3-1)5-7-13-8-6-12-11(10)13;/h2-8,10-12H;1-3,6,8H,5,7H2;/q2*-1;. The zero-order valence-electron chi connectivity index (χ0n) is 19.1. The zero-order valence-corrected chi connectivity index (χ0v) is 21.5. The van der Waals surface area contributed by atoms with Crippen molar-refractivity contribution in [3.05, 3.63) is 126 Å². The molecular formula is C30H19IrN5-2. The Kier molecular flexibility index (Phi) is 7.83. The van der Waals surface area contributed by atoms with Crippen LogP contribution in [-0.4, -0.2) is 14.5 Å². The van der Waals surface area contributed by atoms with Crippen LogP contribution < -0.4 is 0 Å². The molecule has 0 bridgehead atoms. The first-order chi connectivity index (χ1) is 17.3. The third kappa shape index (κ3) is 5.02. The van der Waals surface area contributed by atoms with E-state index >= 15 is 0 Å². The molecule has 3 aromatic carbocycles. The average molecular weight is 642 g/mol. The number of nitrogens with zero attached hydrogens (tertiary/aromatic N) is 5. The van der Waals surface area contributed by atoms with Crippen molar-refractivity contribution in [3.63, 3.8) is 0 Å². The zero-order chi connectivity index (χ0) is 24.0. The van der Waals surface area contributed by atoms with E-state index in [2.05, 4.69) is 37.6 Å². The third-order valence-electron chi connectivity index (χ3n) is 5.82. The first kappa shape index (κ1) is 24.8. The van der Waals surface area contributed by atoms with E-state index < -0.39 is 0 Å². The summed E-state index contributed by atoms with van der Waals surface area (Å²) in [5.74, 6) is 1.06. The van der Waals surface area contributed by atoms with Crippen molar-refractivity contribution >= 4 is 5.69 Å². The van der Waals surface area contributed by atoms with Crippen LogP contribution in [0.2, 0.25) is 0 Å². The second-order valence-corrected chi connectivity index (χ2v) is 7.90. The maximum Gasteiger partial charge on any atom is 0.125 e. The fourth-order valence-corrected chi connectivity index (χ4v) is 4.12. The summed E-state index contributed by atoms with van der Waals surface area (Å²) in [5.41, 5.74) is 6.66. The average Bonchev–Trinajstić information content (AvgIpc) is 3.43. The number of rotatable bonds is 2. The minimum atomic E-state index is 0. The molecule has 0 atom stereocenters. The number of aryl methyl sites for hydroxylation is 2. The first-order valence-electron chi connectivity index (χ1n) is 11.1. The predicted octanol–water partition coefficient (Wildman–Crippen LogP) is 6.54. The Labute approximate surface area is 223 Å². The Hall–Kier alpha value is -4.35. The molecule has 0 unspecified atom stereocenters. The molecule has 0 fully saturated rings. The maximum absolute atomic E-state index is 9.01. The molecule has 36 heavy (non-hydrogen) atoms. The van der Waals surface area contributed by atoms with E-state index in [0.29, 0.717) is 16.8 Å². The van der Waals surface area contributed by atoms with Crippen LogP contribution in [0.4, 0.5) is 5.69 Å². The molecule has 0 N–H and O–H groups in total. The van der Waals surface area contributed by atoms with Gasteiger partial charge in [-0.2, -0.15) is 0 Å². The number of hydrogen-bond acceptors (Lipinski definition) is 3. The molecule has 5 aromatic rings. The van der Waals surface area contributed by atoms with Gasteiger partial charge in [-0.25, -0.2) is 5.26 Å². The quantitative estimate of drug-likeness (QED) is 0.206. The van der Waals surface area contributed by atoms with Gasteiger partial charge in [0, 0.05) is 51.3 Å². The van der Waals surface area contributed by atoms with Crippen molar-refractivity contribution < 1.29 is 20.1 Å². The van der Waals surface area contributed by atoms with Crippen LogP contribution in [-0.2, 0) is 33.1 Å². The van der Waals surface area contributed by atoms with E-state index in [9.17, 15) is 0 Å². The van der Waals surface area contributed by atoms with Gasteiger partial charge >= 0.3 is 0 Å². The van der Waals surface area contributed by atoms with Crippen molar-refractivity contribution in [1.82, 2.24) is 14.5 Å². The van der Waals surface area contributed by atoms with E-state index in [4.69, 9.17) is 11.8 Å². The molecule has 1 aliphatic heterocycles. The van der Waals surface area contributed by atoms with Gasteiger partial charge in [-0.3, -0.25) is 9.83 Å². The third-order valence-corrected chi connectivity index (χ3v) is 5.82. The van der Waals surface area contributed by atoms with E-state index in [1.807, 2.05) is 73.1 Å². The van der Waals surface area contributed by atoms with Crippen molar-refractivity contribution in [2.24, 2.45) is 0 Å². The Balaban J connectivity index is 0.000000185. The largest absolute Gasteiger partial charge is 0.371 e. The molecule has 3 heterocycles. The molecule has 5 nitrogen and oxygen atoms in total. The molecule has 175 valence electrons. The second-order valence-electron chi connectivity index (χ2n) is 7.90. The van der Waals surface area contributed by atoms with Crippen LogP contribution >= 0.6 is 0 Å². The minimum absolute atomic E-state index is 0. The molecule has 0 aliphatic carbocycles. The second kappa shape index (κ2) is 11.4.